The van der Waals surface area contributed by atoms with Gasteiger partial charge >= 0.3 is 0 Å². The van der Waals surface area contributed by atoms with Gasteiger partial charge < -0.3 is 4.74 Å². The Kier molecular flexibility index (Phi) is 3.78. The molecule has 0 saturated carbocycles. The molecule has 0 unspecified atom stereocenters. The van der Waals surface area contributed by atoms with Crippen molar-refractivity contribution in [3.05, 3.63) is 53.6 Å². The van der Waals surface area contributed by atoms with Crippen molar-refractivity contribution in [2.75, 3.05) is 0 Å². The molecule has 2 aromatic carbocycles. The van der Waals surface area contributed by atoms with Crippen molar-refractivity contribution in [2.24, 2.45) is 0 Å². The van der Waals surface area contributed by atoms with E-state index in [4.69, 9.17) is 16.3 Å². The average molecular weight is 277 g/mol. The molecule has 18 heavy (non-hydrogen) atoms. The minimum Gasteiger partial charge on any atom is -0.456 e. The highest BCUT2D eigenvalue weighted by molar-refractivity contribution is 6.89. The molecule has 0 saturated heterocycles. The Labute approximate surface area is 114 Å². The van der Waals surface area contributed by atoms with Crippen LogP contribution in [0.4, 0.5) is 0 Å². The van der Waals surface area contributed by atoms with Crippen LogP contribution in [0.5, 0.6) is 11.5 Å². The summed E-state index contributed by atoms with van der Waals surface area (Å²) >= 11 is 6.13. The second-order valence-electron chi connectivity index (χ2n) is 5.28. The van der Waals surface area contributed by atoms with Crippen LogP contribution in [-0.2, 0) is 0 Å². The van der Waals surface area contributed by atoms with Crippen LogP contribution in [0.25, 0.3) is 0 Å². The van der Waals surface area contributed by atoms with Crippen molar-refractivity contribution in [3.8, 4) is 11.5 Å². The fourth-order valence-corrected chi connectivity index (χ4v) is 3.47. The summed E-state index contributed by atoms with van der Waals surface area (Å²) in [6.07, 6.45) is 0. The van der Waals surface area contributed by atoms with Gasteiger partial charge in [0.1, 0.15) is 11.5 Å². The molecule has 0 amide bonds. The first-order chi connectivity index (χ1) is 8.48. The lowest BCUT2D eigenvalue weighted by Crippen LogP contribution is -2.38. The third-order valence-corrected chi connectivity index (χ3v) is 5.09. The molecule has 1 nitrogen and oxygen atoms in total. The van der Waals surface area contributed by atoms with Gasteiger partial charge in [-0.1, -0.05) is 61.6 Å². The number of ether oxygens (including phenoxy) is 1. The molecule has 0 atom stereocenters. The molecule has 0 fully saturated rings. The maximum atomic E-state index is 6.13. The van der Waals surface area contributed by atoms with Gasteiger partial charge in [-0.05, 0) is 23.4 Å². The van der Waals surface area contributed by atoms with Crippen LogP contribution in [-0.4, -0.2) is 8.07 Å². The van der Waals surface area contributed by atoms with E-state index in [-0.39, 0.29) is 0 Å². The van der Waals surface area contributed by atoms with Gasteiger partial charge in [0.25, 0.3) is 0 Å². The molecule has 0 aliphatic carbocycles. The molecule has 0 heterocycles. The van der Waals surface area contributed by atoms with E-state index < -0.39 is 8.07 Å². The summed E-state index contributed by atoms with van der Waals surface area (Å²) in [5.41, 5.74) is 0. The van der Waals surface area contributed by atoms with E-state index in [1.54, 1.807) is 0 Å². The van der Waals surface area contributed by atoms with E-state index in [9.17, 15) is 0 Å². The number of halogens is 1. The van der Waals surface area contributed by atoms with Crippen molar-refractivity contribution < 1.29 is 4.74 Å². The number of para-hydroxylation sites is 2. The fourth-order valence-electron chi connectivity index (χ4n) is 1.82. The quantitative estimate of drug-likeness (QED) is 0.740. The van der Waals surface area contributed by atoms with Crippen molar-refractivity contribution in [3.63, 3.8) is 0 Å². The Morgan fingerprint density at radius 3 is 2.00 bits per heavy atom. The largest absolute Gasteiger partial charge is 0.456 e. The fraction of sp³-hybridized carbons (Fsp3) is 0.200. The van der Waals surface area contributed by atoms with E-state index >= 15 is 0 Å². The van der Waals surface area contributed by atoms with Gasteiger partial charge in [-0.15, -0.1) is 0 Å². The van der Waals surface area contributed by atoms with Gasteiger partial charge in [-0.25, -0.2) is 0 Å². The lowest BCUT2D eigenvalue weighted by Gasteiger charge is -2.21. The number of benzene rings is 2. The zero-order chi connectivity index (χ0) is 13.2. The SMILES string of the molecule is C[Si](C)(C)c1ccccc1Oc1ccccc1Cl. The Bertz CT molecular complexity index is 546. The minimum absolute atomic E-state index is 0.642. The monoisotopic (exact) mass is 276 g/mol. The molecular formula is C15H17ClOSi. The maximum absolute atomic E-state index is 6.13. The highest BCUT2D eigenvalue weighted by Crippen LogP contribution is 2.28. The van der Waals surface area contributed by atoms with Crippen molar-refractivity contribution >= 4 is 24.9 Å². The van der Waals surface area contributed by atoms with Crippen LogP contribution in [0.3, 0.4) is 0 Å². The Hall–Kier alpha value is -1.25. The van der Waals surface area contributed by atoms with Crippen molar-refractivity contribution in [1.82, 2.24) is 0 Å². The molecule has 0 spiro atoms. The predicted molar refractivity (Wildman–Crippen MR) is 80.9 cm³/mol. The topological polar surface area (TPSA) is 9.23 Å². The van der Waals surface area contributed by atoms with Gasteiger partial charge in [0, 0.05) is 0 Å². The van der Waals surface area contributed by atoms with Crippen LogP contribution in [0.1, 0.15) is 0 Å². The molecule has 94 valence electrons. The van der Waals surface area contributed by atoms with E-state index in [0.717, 1.165) is 5.75 Å². The first-order valence-electron chi connectivity index (χ1n) is 6.00. The molecule has 0 aliphatic rings. The molecule has 2 aromatic rings. The smallest absolute Gasteiger partial charge is 0.146 e. The summed E-state index contributed by atoms with van der Waals surface area (Å²) in [6.45, 7) is 6.92. The Morgan fingerprint density at radius 1 is 0.833 bits per heavy atom. The van der Waals surface area contributed by atoms with Gasteiger partial charge in [0.2, 0.25) is 0 Å². The molecular weight excluding hydrogens is 260 g/mol. The lowest BCUT2D eigenvalue weighted by atomic mass is 10.3. The zero-order valence-electron chi connectivity index (χ0n) is 10.9. The highest BCUT2D eigenvalue weighted by Gasteiger charge is 2.21. The lowest BCUT2D eigenvalue weighted by molar-refractivity contribution is 0.486. The first kappa shape index (κ1) is 13.2. The molecule has 0 radical (unpaired) electrons. The summed E-state index contributed by atoms with van der Waals surface area (Å²) < 4.78 is 5.97. The third kappa shape index (κ3) is 2.95. The number of rotatable bonds is 3. The predicted octanol–water partition coefficient (Wildman–Crippen LogP) is 4.68. The zero-order valence-corrected chi connectivity index (χ0v) is 12.7. The molecule has 2 rings (SSSR count). The maximum Gasteiger partial charge on any atom is 0.146 e. The second kappa shape index (κ2) is 5.17. The van der Waals surface area contributed by atoms with Crippen LogP contribution >= 0.6 is 11.6 Å². The highest BCUT2D eigenvalue weighted by atomic mass is 35.5. The molecule has 0 aromatic heterocycles. The Balaban J connectivity index is 2.39. The number of hydrogen-bond acceptors (Lipinski definition) is 1. The van der Waals surface area contributed by atoms with Gasteiger partial charge in [0.15, 0.2) is 0 Å². The third-order valence-electron chi connectivity index (χ3n) is 2.75. The van der Waals surface area contributed by atoms with E-state index in [2.05, 4.69) is 31.8 Å². The van der Waals surface area contributed by atoms with Gasteiger partial charge in [0.05, 0.1) is 13.1 Å². The van der Waals surface area contributed by atoms with Crippen LogP contribution in [0.2, 0.25) is 24.7 Å². The standard InChI is InChI=1S/C15H17ClOSi/c1-18(2,3)15-11-7-6-10-14(15)17-13-9-5-4-8-12(13)16/h4-11H,1-3H3. The van der Waals surface area contributed by atoms with Gasteiger partial charge in [-0.2, -0.15) is 0 Å². The Morgan fingerprint density at radius 2 is 1.39 bits per heavy atom. The summed E-state index contributed by atoms with van der Waals surface area (Å²) in [5.74, 6) is 1.63. The number of hydrogen-bond donors (Lipinski definition) is 0. The normalized spacial score (nSPS) is 11.3. The first-order valence-corrected chi connectivity index (χ1v) is 9.88. The van der Waals surface area contributed by atoms with Gasteiger partial charge in [-0.3, -0.25) is 0 Å². The van der Waals surface area contributed by atoms with E-state index in [1.807, 2.05) is 36.4 Å². The summed E-state index contributed by atoms with van der Waals surface area (Å²) in [6, 6.07) is 15.8. The van der Waals surface area contributed by atoms with Crippen molar-refractivity contribution in [2.45, 2.75) is 19.6 Å². The molecule has 0 aliphatic heterocycles. The second-order valence-corrected chi connectivity index (χ2v) is 10.7. The minimum atomic E-state index is -1.42. The summed E-state index contributed by atoms with van der Waals surface area (Å²) in [7, 11) is -1.42. The molecule has 0 N–H and O–H groups in total. The van der Waals surface area contributed by atoms with E-state index in [1.165, 1.54) is 5.19 Å². The summed E-state index contributed by atoms with van der Waals surface area (Å²) in [4.78, 5) is 0. The van der Waals surface area contributed by atoms with Crippen molar-refractivity contribution in [1.29, 1.82) is 0 Å². The molecule has 0 bridgehead atoms. The van der Waals surface area contributed by atoms with Crippen LogP contribution in [0, 0.1) is 0 Å². The van der Waals surface area contributed by atoms with Crippen LogP contribution < -0.4 is 9.92 Å². The van der Waals surface area contributed by atoms with Crippen LogP contribution in [0.15, 0.2) is 48.5 Å². The molecule has 3 heteroatoms. The van der Waals surface area contributed by atoms with E-state index in [0.29, 0.717) is 10.8 Å². The summed E-state index contributed by atoms with van der Waals surface area (Å²) in [5, 5.41) is 1.95. The average Bonchev–Trinajstić information content (AvgIpc) is 2.31.